The monoisotopic (exact) mass is 284 g/mol. The van der Waals surface area contributed by atoms with Crippen LogP contribution in [0.5, 0.6) is 0 Å². The zero-order valence-corrected chi connectivity index (χ0v) is 12.7. The van der Waals surface area contributed by atoms with E-state index in [0.29, 0.717) is 0 Å². The summed E-state index contributed by atoms with van der Waals surface area (Å²) < 4.78 is 12.4. The van der Waals surface area contributed by atoms with Gasteiger partial charge >= 0.3 is 0 Å². The lowest BCUT2D eigenvalue weighted by Gasteiger charge is -2.47. The summed E-state index contributed by atoms with van der Waals surface area (Å²) in [6, 6.07) is 7.75. The molecule has 1 fully saturated rings. The fourth-order valence-corrected chi connectivity index (χ4v) is 5.51. The summed E-state index contributed by atoms with van der Waals surface area (Å²) in [5, 5.41) is 10.6. The Morgan fingerprint density at radius 1 is 1.44 bits per heavy atom. The molecule has 0 aliphatic heterocycles. The molecule has 18 heavy (non-hydrogen) atoms. The predicted octanol–water partition coefficient (Wildman–Crippen LogP) is 2.95. The molecule has 2 rings (SSSR count). The maximum Gasteiger partial charge on any atom is 0.113 e. The van der Waals surface area contributed by atoms with Crippen molar-refractivity contribution in [3.63, 3.8) is 0 Å². The van der Waals surface area contributed by atoms with E-state index in [0.717, 1.165) is 23.3 Å². The van der Waals surface area contributed by atoms with Crippen molar-refractivity contribution in [3.8, 4) is 0 Å². The van der Waals surface area contributed by atoms with Gasteiger partial charge in [-0.15, -0.1) is 11.8 Å². The van der Waals surface area contributed by atoms with Crippen molar-refractivity contribution in [1.82, 2.24) is 0 Å². The summed E-state index contributed by atoms with van der Waals surface area (Å²) in [7, 11) is -1.16. The minimum absolute atomic E-state index is 0.232. The minimum atomic E-state index is -1.16. The quantitative estimate of drug-likeness (QED) is 0.923. The molecule has 0 amide bonds. The molecule has 1 aromatic rings. The van der Waals surface area contributed by atoms with Crippen molar-refractivity contribution in [2.45, 2.75) is 41.8 Å². The second kappa shape index (κ2) is 5.35. The Bertz CT molecular complexity index is 444. The third-order valence-corrected chi connectivity index (χ3v) is 7.37. The van der Waals surface area contributed by atoms with Crippen molar-refractivity contribution in [2.75, 3.05) is 6.26 Å². The van der Waals surface area contributed by atoms with E-state index in [1.807, 2.05) is 44.4 Å². The number of benzene rings is 1. The van der Waals surface area contributed by atoms with Crippen molar-refractivity contribution >= 4 is 22.6 Å². The lowest BCUT2D eigenvalue weighted by molar-refractivity contribution is -0.0720. The molecule has 1 saturated carbocycles. The minimum Gasteiger partial charge on any atom is -0.387 e. The summed E-state index contributed by atoms with van der Waals surface area (Å²) >= 11 is 1.51. The molecule has 0 radical (unpaired) electrons. The van der Waals surface area contributed by atoms with Crippen LogP contribution in [0.1, 0.15) is 25.3 Å². The molecule has 100 valence electrons. The smallest absolute Gasteiger partial charge is 0.113 e. The van der Waals surface area contributed by atoms with E-state index in [1.54, 1.807) is 0 Å². The Hall–Kier alpha value is -0.320. The van der Waals surface area contributed by atoms with Crippen molar-refractivity contribution in [3.05, 3.63) is 29.8 Å². The molecule has 0 spiro atoms. The molecule has 0 heterocycles. The van der Waals surface area contributed by atoms with Crippen LogP contribution in [-0.4, -0.2) is 25.8 Å². The maximum absolute atomic E-state index is 12.6. The summed E-state index contributed by atoms with van der Waals surface area (Å²) in [5.74, 6) is 0.240. The molecule has 2 nitrogen and oxygen atoms in total. The van der Waals surface area contributed by atoms with Crippen LogP contribution >= 0.6 is 11.8 Å². The van der Waals surface area contributed by atoms with Crippen molar-refractivity contribution in [2.24, 2.45) is 5.92 Å². The topological polar surface area (TPSA) is 37.3 Å². The summed E-state index contributed by atoms with van der Waals surface area (Å²) in [6.07, 6.45) is 3.72. The number of aliphatic hydroxyl groups is 1. The highest BCUT2D eigenvalue weighted by Gasteiger charge is 2.50. The van der Waals surface area contributed by atoms with Gasteiger partial charge in [0.05, 0.1) is 16.4 Å². The molecule has 4 atom stereocenters. The molecule has 1 aliphatic carbocycles. The summed E-state index contributed by atoms with van der Waals surface area (Å²) in [4.78, 5) is 0.812. The number of hydrogen-bond donors (Lipinski definition) is 1. The highest BCUT2D eigenvalue weighted by atomic mass is 32.2. The van der Waals surface area contributed by atoms with E-state index in [-0.39, 0.29) is 10.5 Å². The first-order valence-corrected chi connectivity index (χ1v) is 8.71. The van der Waals surface area contributed by atoms with Crippen LogP contribution in [-0.2, 0) is 10.8 Å². The second-order valence-corrected chi connectivity index (χ2v) is 7.89. The zero-order chi connectivity index (χ0) is 13.3. The summed E-state index contributed by atoms with van der Waals surface area (Å²) in [5.41, 5.74) is 0.391. The van der Waals surface area contributed by atoms with Gasteiger partial charge in [-0.05, 0) is 44.1 Å². The molecule has 0 aromatic heterocycles. The predicted molar refractivity (Wildman–Crippen MR) is 78.2 cm³/mol. The molecule has 1 aromatic carbocycles. The first-order valence-electron chi connectivity index (χ1n) is 6.21. The number of hydrogen-bond acceptors (Lipinski definition) is 3. The van der Waals surface area contributed by atoms with Crippen LogP contribution in [0.2, 0.25) is 0 Å². The van der Waals surface area contributed by atoms with Gasteiger partial charge in [0.15, 0.2) is 0 Å². The Kier molecular flexibility index (Phi) is 4.19. The van der Waals surface area contributed by atoms with Crippen LogP contribution in [0.4, 0.5) is 0 Å². The first kappa shape index (κ1) is 14.1. The molecular weight excluding hydrogens is 264 g/mol. The number of thioether (sulfide) groups is 1. The molecule has 4 heteroatoms. The third kappa shape index (κ3) is 2.38. The lowest BCUT2D eigenvalue weighted by atomic mass is 9.71. The highest BCUT2D eigenvalue weighted by molar-refractivity contribution is 8.11. The number of rotatable bonds is 4. The van der Waals surface area contributed by atoms with Gasteiger partial charge in [-0.25, -0.2) is 0 Å². The van der Waals surface area contributed by atoms with Gasteiger partial charge in [-0.1, -0.05) is 24.6 Å². The van der Waals surface area contributed by atoms with Crippen LogP contribution in [0.3, 0.4) is 0 Å². The Morgan fingerprint density at radius 2 is 2.06 bits per heavy atom. The van der Waals surface area contributed by atoms with Gasteiger partial charge in [0.25, 0.3) is 0 Å². The van der Waals surface area contributed by atoms with E-state index in [2.05, 4.69) is 0 Å². The van der Waals surface area contributed by atoms with Crippen LogP contribution in [0, 0.1) is 12.8 Å². The van der Waals surface area contributed by atoms with Gasteiger partial charge < -0.3 is 5.11 Å². The Morgan fingerprint density at radius 3 is 2.44 bits per heavy atom. The van der Waals surface area contributed by atoms with Crippen LogP contribution in [0.15, 0.2) is 29.2 Å². The Balaban J connectivity index is 2.23. The lowest BCUT2D eigenvalue weighted by Crippen LogP contribution is -2.54. The van der Waals surface area contributed by atoms with Crippen LogP contribution in [0.25, 0.3) is 0 Å². The zero-order valence-electron chi connectivity index (χ0n) is 11.1. The first-order chi connectivity index (χ1) is 8.49. The Labute approximate surface area is 116 Å². The fourth-order valence-electron chi connectivity index (χ4n) is 2.35. The molecule has 0 bridgehead atoms. The fraction of sp³-hybridized carbons (Fsp3) is 0.571. The van der Waals surface area contributed by atoms with E-state index in [1.165, 1.54) is 11.8 Å². The molecule has 0 saturated heterocycles. The highest BCUT2D eigenvalue weighted by Crippen LogP contribution is 2.46. The van der Waals surface area contributed by atoms with Gasteiger partial charge in [-0.3, -0.25) is 4.21 Å². The van der Waals surface area contributed by atoms with Gasteiger partial charge in [0, 0.05) is 4.90 Å². The third-order valence-electron chi connectivity index (χ3n) is 3.90. The standard InChI is InChI=1S/C14H20O2S2/c1-10-4-6-12(7-5-10)18(16)13(17-3)14(15)9-8-11(14)2/h4-7,11,13,15H,8-9H2,1-3H3. The maximum atomic E-state index is 12.6. The van der Waals surface area contributed by atoms with Crippen molar-refractivity contribution in [1.29, 1.82) is 0 Å². The van der Waals surface area contributed by atoms with E-state index in [9.17, 15) is 9.32 Å². The molecule has 1 N–H and O–H groups in total. The average Bonchev–Trinajstić information content (AvgIpc) is 2.38. The second-order valence-electron chi connectivity index (χ2n) is 5.11. The van der Waals surface area contributed by atoms with Crippen molar-refractivity contribution < 1.29 is 9.32 Å². The molecule has 1 aliphatic rings. The van der Waals surface area contributed by atoms with E-state index < -0.39 is 16.4 Å². The van der Waals surface area contributed by atoms with E-state index >= 15 is 0 Å². The largest absolute Gasteiger partial charge is 0.387 e. The molecule has 4 unspecified atom stereocenters. The van der Waals surface area contributed by atoms with Gasteiger partial charge in [0.2, 0.25) is 0 Å². The SMILES string of the molecule is CSC(S(=O)c1ccc(C)cc1)C1(O)CCC1C. The van der Waals surface area contributed by atoms with Crippen LogP contribution < -0.4 is 0 Å². The van der Waals surface area contributed by atoms with Gasteiger partial charge in [0.1, 0.15) is 4.58 Å². The normalized spacial score (nSPS) is 30.6. The van der Waals surface area contributed by atoms with Gasteiger partial charge in [-0.2, -0.15) is 0 Å². The summed E-state index contributed by atoms with van der Waals surface area (Å²) in [6.45, 7) is 4.05. The van der Waals surface area contributed by atoms with E-state index in [4.69, 9.17) is 0 Å². The molecular formula is C14H20O2S2. The number of aryl methyl sites for hydroxylation is 1. The average molecular weight is 284 g/mol.